The Morgan fingerprint density at radius 1 is 1.80 bits per heavy atom. The van der Waals surface area contributed by atoms with Crippen LogP contribution in [0.5, 0.6) is 0 Å². The fourth-order valence-electron chi connectivity index (χ4n) is 0.592. The van der Waals surface area contributed by atoms with Crippen molar-refractivity contribution in [2.75, 3.05) is 5.23 Å². The molecule has 0 saturated heterocycles. The number of aromatic nitrogens is 1. The number of hydrogen-bond donors (Lipinski definition) is 1. The molecule has 5 heteroatoms. The summed E-state index contributed by atoms with van der Waals surface area (Å²) in [5.74, 6) is 0. The summed E-state index contributed by atoms with van der Waals surface area (Å²) in [7, 11) is 0. The topological polar surface area (TPSA) is 24.9 Å². The van der Waals surface area contributed by atoms with Crippen LogP contribution in [0.4, 0.5) is 5.13 Å². The van der Waals surface area contributed by atoms with Gasteiger partial charge >= 0.3 is 4.70 Å². The molecule has 0 aliphatic carbocycles. The summed E-state index contributed by atoms with van der Waals surface area (Å²) in [6.45, 7) is 4.15. The highest BCUT2D eigenvalue weighted by Crippen LogP contribution is 2.17. The van der Waals surface area contributed by atoms with Gasteiger partial charge in [-0.05, 0) is 6.92 Å². The molecule has 0 aliphatic heterocycles. The second-order valence-electron chi connectivity index (χ2n) is 2.04. The van der Waals surface area contributed by atoms with Gasteiger partial charge in [0.1, 0.15) is 0 Å². The maximum atomic E-state index is 4.16. The molecule has 1 aromatic rings. The highest BCUT2D eigenvalue weighted by atomic mass is 127. The number of rotatable bonds is 2. The van der Waals surface area contributed by atoms with Gasteiger partial charge in [0.15, 0.2) is 5.13 Å². The Balaban J connectivity index is 2.58. The average Bonchev–Trinajstić information content (AvgIpc) is 2.13. The van der Waals surface area contributed by atoms with Crippen molar-refractivity contribution in [1.82, 2.24) is 4.98 Å². The molecule has 0 aromatic carbocycles. The van der Waals surface area contributed by atoms with E-state index in [1.165, 1.54) is 4.88 Å². The number of nitrogens with one attached hydrogen (secondary N) is 1. The van der Waals surface area contributed by atoms with E-state index in [2.05, 4.69) is 46.3 Å². The van der Waals surface area contributed by atoms with E-state index >= 15 is 0 Å². The fourth-order valence-corrected chi connectivity index (χ4v) is 1.85. The summed E-state index contributed by atoms with van der Waals surface area (Å²) < 4.78 is 0.447. The van der Waals surface area contributed by atoms with Gasteiger partial charge in [0, 0.05) is 11.1 Å². The van der Waals surface area contributed by atoms with E-state index in [0.29, 0.717) is 4.70 Å². The molecule has 0 bridgehead atoms. The lowest BCUT2D eigenvalue weighted by molar-refractivity contribution is 1.38. The summed E-state index contributed by atoms with van der Waals surface area (Å²) in [6.07, 6.45) is 1.88. The van der Waals surface area contributed by atoms with Gasteiger partial charge in [0.2, 0.25) is 0 Å². The van der Waals surface area contributed by atoms with E-state index in [1.54, 1.807) is 11.3 Å². The molecule has 0 saturated carbocycles. The fraction of sp³-hybridized carbons (Fsp3) is 0.400. The Labute approximate surface area is 78.4 Å². The predicted molar refractivity (Wildman–Crippen MR) is 56.1 cm³/mol. The molecule has 10 heavy (non-hydrogen) atoms. The Morgan fingerprint density at radius 2 is 2.50 bits per heavy atom. The van der Waals surface area contributed by atoms with Crippen molar-refractivity contribution >= 4 is 43.5 Å². The Bertz CT molecular complexity index is 213. The second-order valence-corrected chi connectivity index (χ2v) is 5.14. The van der Waals surface area contributed by atoms with Crippen molar-refractivity contribution in [2.24, 2.45) is 0 Å². The largest absolute Gasteiger partial charge is 0.395 e. The normalized spacial score (nSPS) is 9.50. The molecule has 0 unspecified atom stereocenters. The Hall–Kier alpha value is 0.225. The summed E-state index contributed by atoms with van der Waals surface area (Å²) in [5.41, 5.74) is 0. The molecular formula is C5H8BIN2S. The molecule has 2 nitrogen and oxygen atoms in total. The summed E-state index contributed by atoms with van der Waals surface area (Å²) >= 11 is 4.00. The van der Waals surface area contributed by atoms with E-state index in [-0.39, 0.29) is 0 Å². The van der Waals surface area contributed by atoms with Gasteiger partial charge < -0.3 is 5.23 Å². The number of anilines is 1. The highest BCUT2D eigenvalue weighted by Gasteiger charge is 2.03. The smallest absolute Gasteiger partial charge is 0.323 e. The van der Waals surface area contributed by atoms with E-state index in [1.807, 2.05) is 6.20 Å². The highest BCUT2D eigenvalue weighted by molar-refractivity contribution is 14.1. The van der Waals surface area contributed by atoms with Gasteiger partial charge in [-0.1, -0.05) is 6.82 Å². The second kappa shape index (κ2) is 3.57. The van der Waals surface area contributed by atoms with Crippen LogP contribution in [0.25, 0.3) is 0 Å². The molecule has 0 fully saturated rings. The number of thiazole rings is 1. The summed E-state index contributed by atoms with van der Waals surface area (Å²) in [5, 5.41) is 4.23. The molecular weight excluding hydrogens is 258 g/mol. The first-order valence-electron chi connectivity index (χ1n) is 3.01. The molecule has 0 spiro atoms. The zero-order valence-electron chi connectivity index (χ0n) is 5.89. The predicted octanol–water partition coefficient (Wildman–Crippen LogP) is 2.42. The first-order chi connectivity index (χ1) is 4.68. The number of aryl methyl sites for hydroxylation is 1. The van der Waals surface area contributed by atoms with Crippen molar-refractivity contribution in [3.05, 3.63) is 11.1 Å². The lowest BCUT2D eigenvalue weighted by Crippen LogP contribution is -2.10. The van der Waals surface area contributed by atoms with E-state index < -0.39 is 0 Å². The zero-order chi connectivity index (χ0) is 7.56. The van der Waals surface area contributed by atoms with Crippen LogP contribution in [0.15, 0.2) is 6.20 Å². The summed E-state index contributed by atoms with van der Waals surface area (Å²) in [6, 6.07) is 0. The minimum Gasteiger partial charge on any atom is -0.395 e. The number of nitrogens with zero attached hydrogens (tertiary/aromatic N) is 1. The maximum absolute atomic E-state index is 4.16. The summed E-state index contributed by atoms with van der Waals surface area (Å²) in [4.78, 5) is 5.41. The minimum atomic E-state index is 0.447. The van der Waals surface area contributed by atoms with Crippen LogP contribution in [0.2, 0.25) is 6.82 Å². The van der Waals surface area contributed by atoms with Crippen LogP contribution in [-0.4, -0.2) is 9.69 Å². The number of halogens is 1. The van der Waals surface area contributed by atoms with E-state index in [0.717, 1.165) is 5.13 Å². The van der Waals surface area contributed by atoms with Crippen molar-refractivity contribution in [3.63, 3.8) is 0 Å². The Morgan fingerprint density at radius 3 is 2.90 bits per heavy atom. The van der Waals surface area contributed by atoms with Crippen molar-refractivity contribution in [2.45, 2.75) is 13.7 Å². The van der Waals surface area contributed by atoms with Crippen LogP contribution < -0.4 is 5.23 Å². The third kappa shape index (κ3) is 2.45. The standard InChI is InChI=1S/C5H8BIN2S/c1-4-3-8-5(10-4)9-6(2)7/h3H,1-2H3,(H,8,9). The Kier molecular flexibility index (Phi) is 2.97. The molecule has 0 atom stereocenters. The maximum Gasteiger partial charge on any atom is 0.323 e. The van der Waals surface area contributed by atoms with Gasteiger partial charge in [-0.15, -0.1) is 33.7 Å². The van der Waals surface area contributed by atoms with E-state index in [9.17, 15) is 0 Å². The van der Waals surface area contributed by atoms with Crippen molar-refractivity contribution < 1.29 is 0 Å². The molecule has 1 N–H and O–H groups in total. The molecule has 1 heterocycles. The SMILES string of the molecule is CB(I)Nc1ncc(C)s1. The average molecular weight is 266 g/mol. The third-order valence-electron chi connectivity index (χ3n) is 0.944. The molecule has 0 radical (unpaired) electrons. The monoisotopic (exact) mass is 266 g/mol. The third-order valence-corrected chi connectivity index (χ3v) is 2.10. The van der Waals surface area contributed by atoms with Gasteiger partial charge in [-0.2, -0.15) is 0 Å². The first kappa shape index (κ1) is 8.32. The lowest BCUT2D eigenvalue weighted by atomic mass is 10.0. The number of hydrogen-bond acceptors (Lipinski definition) is 3. The van der Waals surface area contributed by atoms with Gasteiger partial charge in [0.25, 0.3) is 0 Å². The quantitative estimate of drug-likeness (QED) is 0.656. The lowest BCUT2D eigenvalue weighted by Gasteiger charge is -1.98. The van der Waals surface area contributed by atoms with Crippen molar-refractivity contribution in [1.29, 1.82) is 0 Å². The van der Waals surface area contributed by atoms with Crippen molar-refractivity contribution in [3.8, 4) is 0 Å². The van der Waals surface area contributed by atoms with Gasteiger partial charge in [0.05, 0.1) is 0 Å². The van der Waals surface area contributed by atoms with Crippen LogP contribution in [-0.2, 0) is 0 Å². The first-order valence-corrected chi connectivity index (χ1v) is 5.08. The molecule has 1 aromatic heterocycles. The molecule has 54 valence electrons. The molecule has 0 aliphatic rings. The van der Waals surface area contributed by atoms with Crippen LogP contribution >= 0.6 is 33.7 Å². The van der Waals surface area contributed by atoms with Gasteiger partial charge in [-0.3, -0.25) is 0 Å². The van der Waals surface area contributed by atoms with Crippen LogP contribution in [0.3, 0.4) is 0 Å². The van der Waals surface area contributed by atoms with Crippen LogP contribution in [0, 0.1) is 6.92 Å². The zero-order valence-corrected chi connectivity index (χ0v) is 8.86. The van der Waals surface area contributed by atoms with Crippen LogP contribution in [0.1, 0.15) is 4.88 Å². The molecule has 0 amide bonds. The minimum absolute atomic E-state index is 0.447. The van der Waals surface area contributed by atoms with Gasteiger partial charge in [-0.25, -0.2) is 4.98 Å². The van der Waals surface area contributed by atoms with E-state index in [4.69, 9.17) is 0 Å². The molecule has 1 rings (SSSR count).